The van der Waals surface area contributed by atoms with Crippen molar-refractivity contribution in [2.24, 2.45) is 5.10 Å². The highest BCUT2D eigenvalue weighted by molar-refractivity contribution is 7.99. The van der Waals surface area contributed by atoms with Gasteiger partial charge in [-0.3, -0.25) is 9.36 Å². The van der Waals surface area contributed by atoms with Crippen LogP contribution in [0.5, 0.6) is 0 Å². The van der Waals surface area contributed by atoms with Gasteiger partial charge in [-0.15, -0.1) is 10.2 Å². The molecule has 0 atom stereocenters. The van der Waals surface area contributed by atoms with E-state index in [4.69, 9.17) is 34.8 Å². The fraction of sp³-hybridized carbons (Fsp3) is 0.333. The molecular weight excluding hydrogens is 513 g/mol. The standard InChI is InChI=1S/C24H24Cl3N5OS/c1-15(20-12-11-18(26)13-21(20)27)28-29-22(33)14-34-24-31-30-23(16-7-9-17(25)10-8-16)32(24)19-5-3-2-4-6-19/h7-13,19H,2-6,14H2,1H3,(H,29,33). The number of amides is 1. The van der Waals surface area contributed by atoms with E-state index in [-0.39, 0.29) is 11.7 Å². The van der Waals surface area contributed by atoms with E-state index in [9.17, 15) is 4.79 Å². The predicted octanol–water partition coefficient (Wildman–Crippen LogP) is 7.04. The Hall–Kier alpha value is -2.06. The third-order valence-corrected chi connectivity index (χ3v) is 7.45. The molecule has 6 nitrogen and oxygen atoms in total. The summed E-state index contributed by atoms with van der Waals surface area (Å²) in [6, 6.07) is 13.1. The molecule has 0 radical (unpaired) electrons. The summed E-state index contributed by atoms with van der Waals surface area (Å²) in [5.74, 6) is 0.731. The zero-order valence-electron chi connectivity index (χ0n) is 18.6. The highest BCUT2D eigenvalue weighted by atomic mass is 35.5. The molecule has 178 valence electrons. The first-order valence-electron chi connectivity index (χ1n) is 11.0. The molecule has 0 unspecified atom stereocenters. The summed E-state index contributed by atoms with van der Waals surface area (Å²) in [6.45, 7) is 1.78. The lowest BCUT2D eigenvalue weighted by atomic mass is 9.95. The molecule has 0 saturated heterocycles. The molecule has 0 spiro atoms. The van der Waals surface area contributed by atoms with Crippen molar-refractivity contribution in [3.63, 3.8) is 0 Å². The third-order valence-electron chi connectivity index (χ3n) is 5.71. The minimum Gasteiger partial charge on any atom is -0.299 e. The summed E-state index contributed by atoms with van der Waals surface area (Å²) in [7, 11) is 0. The van der Waals surface area contributed by atoms with E-state index in [0.717, 1.165) is 29.4 Å². The normalized spacial score (nSPS) is 14.9. The van der Waals surface area contributed by atoms with Gasteiger partial charge in [-0.1, -0.05) is 71.9 Å². The maximum Gasteiger partial charge on any atom is 0.250 e. The van der Waals surface area contributed by atoms with Crippen molar-refractivity contribution >= 4 is 58.2 Å². The quantitative estimate of drug-likeness (QED) is 0.200. The number of carbonyl (C=O) groups is 1. The maximum absolute atomic E-state index is 12.5. The summed E-state index contributed by atoms with van der Waals surface area (Å²) in [4.78, 5) is 12.5. The van der Waals surface area contributed by atoms with Crippen molar-refractivity contribution in [3.05, 3.63) is 63.1 Å². The highest BCUT2D eigenvalue weighted by Crippen LogP contribution is 2.35. The molecule has 3 aromatic rings. The van der Waals surface area contributed by atoms with Crippen LogP contribution in [0.15, 0.2) is 52.7 Å². The number of aromatic nitrogens is 3. The van der Waals surface area contributed by atoms with Crippen LogP contribution in [0, 0.1) is 0 Å². The van der Waals surface area contributed by atoms with Crippen molar-refractivity contribution in [2.75, 3.05) is 5.75 Å². The molecule has 34 heavy (non-hydrogen) atoms. The molecule has 1 fully saturated rings. The first kappa shape index (κ1) is 25.0. The second-order valence-corrected chi connectivity index (χ2v) is 10.3. The summed E-state index contributed by atoms with van der Waals surface area (Å²) in [5, 5.41) is 15.5. The molecule has 0 aliphatic heterocycles. The van der Waals surface area contributed by atoms with Crippen molar-refractivity contribution in [1.82, 2.24) is 20.2 Å². The summed E-state index contributed by atoms with van der Waals surface area (Å²) < 4.78 is 2.18. The Morgan fingerprint density at radius 3 is 2.47 bits per heavy atom. The first-order valence-corrected chi connectivity index (χ1v) is 13.2. The van der Waals surface area contributed by atoms with E-state index in [1.165, 1.54) is 31.0 Å². The number of nitrogens with one attached hydrogen (secondary N) is 1. The van der Waals surface area contributed by atoms with Crippen LogP contribution in [0.25, 0.3) is 11.4 Å². The number of benzene rings is 2. The Bertz CT molecular complexity index is 1190. The maximum atomic E-state index is 12.5. The number of hydrogen-bond donors (Lipinski definition) is 1. The molecule has 1 saturated carbocycles. The van der Waals surface area contributed by atoms with Gasteiger partial charge < -0.3 is 0 Å². The molecule has 1 N–H and O–H groups in total. The lowest BCUT2D eigenvalue weighted by molar-refractivity contribution is -0.118. The largest absolute Gasteiger partial charge is 0.299 e. The van der Waals surface area contributed by atoms with E-state index >= 15 is 0 Å². The van der Waals surface area contributed by atoms with Gasteiger partial charge in [0.25, 0.3) is 5.91 Å². The highest BCUT2D eigenvalue weighted by Gasteiger charge is 2.24. The van der Waals surface area contributed by atoms with Crippen molar-refractivity contribution < 1.29 is 4.79 Å². The third kappa shape index (κ3) is 6.13. The molecule has 1 aliphatic carbocycles. The summed E-state index contributed by atoms with van der Waals surface area (Å²) in [6.07, 6.45) is 5.74. The van der Waals surface area contributed by atoms with Gasteiger partial charge in [0.15, 0.2) is 11.0 Å². The van der Waals surface area contributed by atoms with E-state index in [2.05, 4.69) is 25.3 Å². The Balaban J connectivity index is 1.47. The Morgan fingerprint density at radius 2 is 1.76 bits per heavy atom. The van der Waals surface area contributed by atoms with Crippen LogP contribution in [0.4, 0.5) is 0 Å². The number of hydrogen-bond acceptors (Lipinski definition) is 5. The lowest BCUT2D eigenvalue weighted by Crippen LogP contribution is -2.22. The fourth-order valence-electron chi connectivity index (χ4n) is 3.99. The number of hydrazone groups is 1. The second-order valence-electron chi connectivity index (χ2n) is 8.12. The number of carbonyl (C=O) groups excluding carboxylic acids is 1. The van der Waals surface area contributed by atoms with E-state index in [1.807, 2.05) is 24.3 Å². The van der Waals surface area contributed by atoms with Gasteiger partial charge in [0.05, 0.1) is 16.5 Å². The number of halogens is 3. The summed E-state index contributed by atoms with van der Waals surface area (Å²) >= 11 is 19.6. The molecular formula is C24H24Cl3N5OS. The number of thioether (sulfide) groups is 1. The fourth-order valence-corrected chi connectivity index (χ4v) is 5.46. The van der Waals surface area contributed by atoms with Crippen molar-refractivity contribution in [3.8, 4) is 11.4 Å². The van der Waals surface area contributed by atoms with Crippen LogP contribution in [-0.2, 0) is 4.79 Å². The Labute approximate surface area is 218 Å². The predicted molar refractivity (Wildman–Crippen MR) is 140 cm³/mol. The van der Waals surface area contributed by atoms with Crippen LogP contribution in [0.2, 0.25) is 15.1 Å². The van der Waals surface area contributed by atoms with Gasteiger partial charge in [0.2, 0.25) is 0 Å². The SMILES string of the molecule is CC(=NNC(=O)CSc1nnc(-c2ccc(Cl)cc2)n1C1CCCCC1)c1ccc(Cl)cc1Cl. The van der Waals surface area contributed by atoms with Gasteiger partial charge in [-0.25, -0.2) is 5.43 Å². The van der Waals surface area contributed by atoms with Crippen molar-refractivity contribution in [1.29, 1.82) is 0 Å². The molecule has 0 bridgehead atoms. The van der Waals surface area contributed by atoms with Crippen LogP contribution in [0.1, 0.15) is 50.6 Å². The molecule has 1 amide bonds. The second kappa shape index (κ2) is 11.6. The monoisotopic (exact) mass is 535 g/mol. The molecule has 1 aromatic heterocycles. The Kier molecular flexibility index (Phi) is 8.53. The molecule has 1 heterocycles. The van der Waals surface area contributed by atoms with Crippen LogP contribution < -0.4 is 5.43 Å². The van der Waals surface area contributed by atoms with Crippen LogP contribution in [0.3, 0.4) is 0 Å². The van der Waals surface area contributed by atoms with Gasteiger partial charge in [0, 0.05) is 27.2 Å². The Morgan fingerprint density at radius 1 is 1.06 bits per heavy atom. The average Bonchev–Trinajstić information content (AvgIpc) is 3.26. The minimum absolute atomic E-state index is 0.163. The lowest BCUT2D eigenvalue weighted by Gasteiger charge is -2.25. The first-order chi connectivity index (χ1) is 16.4. The van der Waals surface area contributed by atoms with E-state index < -0.39 is 0 Å². The number of nitrogens with zero attached hydrogens (tertiary/aromatic N) is 4. The van der Waals surface area contributed by atoms with Gasteiger partial charge >= 0.3 is 0 Å². The molecule has 4 rings (SSSR count). The van der Waals surface area contributed by atoms with Gasteiger partial charge in [-0.2, -0.15) is 5.10 Å². The zero-order chi connectivity index (χ0) is 24.1. The minimum atomic E-state index is -0.235. The average molecular weight is 537 g/mol. The topological polar surface area (TPSA) is 72.2 Å². The zero-order valence-corrected chi connectivity index (χ0v) is 21.7. The van der Waals surface area contributed by atoms with Gasteiger partial charge in [-0.05, 0) is 56.2 Å². The molecule has 2 aromatic carbocycles. The molecule has 1 aliphatic rings. The van der Waals surface area contributed by atoms with Crippen LogP contribution >= 0.6 is 46.6 Å². The van der Waals surface area contributed by atoms with Crippen LogP contribution in [-0.4, -0.2) is 32.1 Å². The van der Waals surface area contributed by atoms with E-state index in [1.54, 1.807) is 25.1 Å². The van der Waals surface area contributed by atoms with Crippen molar-refractivity contribution in [2.45, 2.75) is 50.2 Å². The smallest absolute Gasteiger partial charge is 0.250 e. The van der Waals surface area contributed by atoms with E-state index in [0.29, 0.717) is 32.4 Å². The van der Waals surface area contributed by atoms with Gasteiger partial charge in [0.1, 0.15) is 0 Å². The summed E-state index contributed by atoms with van der Waals surface area (Å²) in [5.41, 5.74) is 4.86. The molecule has 10 heteroatoms. The number of rotatable bonds is 7.